The molecule has 3 heteroatoms. The Labute approximate surface area is 86.8 Å². The van der Waals surface area contributed by atoms with Crippen LogP contribution < -0.4 is 5.32 Å². The lowest BCUT2D eigenvalue weighted by molar-refractivity contribution is -0.00173. The van der Waals surface area contributed by atoms with Gasteiger partial charge in [-0.25, -0.2) is 0 Å². The van der Waals surface area contributed by atoms with Crippen molar-refractivity contribution in [2.75, 3.05) is 19.7 Å². The zero-order chi connectivity index (χ0) is 10.6. The van der Waals surface area contributed by atoms with Crippen LogP contribution in [0.3, 0.4) is 0 Å². The van der Waals surface area contributed by atoms with E-state index in [0.717, 1.165) is 6.54 Å². The number of rotatable bonds is 6. The van der Waals surface area contributed by atoms with E-state index in [4.69, 9.17) is 4.74 Å². The third-order valence-electron chi connectivity index (χ3n) is 2.33. The van der Waals surface area contributed by atoms with Crippen LogP contribution in [0.25, 0.3) is 0 Å². The molecule has 3 nitrogen and oxygen atoms in total. The molecule has 0 amide bonds. The average Bonchev–Trinajstić information content (AvgIpc) is 2.83. The highest BCUT2D eigenvalue weighted by molar-refractivity contribution is 4.81. The summed E-state index contributed by atoms with van der Waals surface area (Å²) in [7, 11) is 0. The topological polar surface area (TPSA) is 41.5 Å². The van der Waals surface area contributed by atoms with E-state index < -0.39 is 0 Å². The summed E-state index contributed by atoms with van der Waals surface area (Å²) in [5, 5.41) is 12.7. The molecule has 1 aliphatic rings. The fourth-order valence-electron chi connectivity index (χ4n) is 1.33. The predicted molar refractivity (Wildman–Crippen MR) is 57.3 cm³/mol. The van der Waals surface area contributed by atoms with Crippen molar-refractivity contribution in [1.29, 1.82) is 0 Å². The molecule has 0 aliphatic heterocycles. The van der Waals surface area contributed by atoms with Crippen molar-refractivity contribution >= 4 is 0 Å². The molecule has 1 saturated carbocycles. The molecule has 0 aromatic rings. The second-order valence-corrected chi connectivity index (χ2v) is 5.07. The van der Waals surface area contributed by atoms with Gasteiger partial charge in [-0.1, -0.05) is 0 Å². The van der Waals surface area contributed by atoms with Crippen molar-refractivity contribution in [3.05, 3.63) is 0 Å². The van der Waals surface area contributed by atoms with Crippen LogP contribution in [0.1, 0.15) is 33.6 Å². The van der Waals surface area contributed by atoms with Gasteiger partial charge in [0, 0.05) is 13.1 Å². The van der Waals surface area contributed by atoms with Gasteiger partial charge in [0.15, 0.2) is 0 Å². The Morgan fingerprint density at radius 2 is 2.07 bits per heavy atom. The third-order valence-corrected chi connectivity index (χ3v) is 2.33. The highest BCUT2D eigenvalue weighted by Gasteiger charge is 2.28. The normalized spacial score (nSPS) is 19.7. The van der Waals surface area contributed by atoms with Crippen molar-refractivity contribution in [1.82, 2.24) is 5.32 Å². The highest BCUT2D eigenvalue weighted by Crippen LogP contribution is 2.32. The number of aliphatic hydroxyl groups is 1. The van der Waals surface area contributed by atoms with Crippen LogP contribution in [0.4, 0.5) is 0 Å². The summed E-state index contributed by atoms with van der Waals surface area (Å²) in [6.45, 7) is 8.38. The van der Waals surface area contributed by atoms with Gasteiger partial charge >= 0.3 is 0 Å². The van der Waals surface area contributed by atoms with E-state index in [1.165, 1.54) is 12.8 Å². The first kappa shape index (κ1) is 12.0. The van der Waals surface area contributed by atoms with E-state index in [1.807, 2.05) is 20.8 Å². The Hall–Kier alpha value is -0.120. The summed E-state index contributed by atoms with van der Waals surface area (Å²) in [5.41, 5.74) is -0.0587. The Morgan fingerprint density at radius 1 is 1.43 bits per heavy atom. The Morgan fingerprint density at radius 3 is 2.57 bits per heavy atom. The van der Waals surface area contributed by atoms with E-state index >= 15 is 0 Å². The summed E-state index contributed by atoms with van der Waals surface area (Å²) < 4.78 is 5.54. The van der Waals surface area contributed by atoms with Gasteiger partial charge in [0.1, 0.15) is 0 Å². The molecule has 1 fully saturated rings. The number of ether oxygens (including phenoxy) is 1. The van der Waals surface area contributed by atoms with Crippen LogP contribution in [0, 0.1) is 5.92 Å². The molecule has 0 aromatic heterocycles. The summed E-state index contributed by atoms with van der Waals surface area (Å²) >= 11 is 0. The summed E-state index contributed by atoms with van der Waals surface area (Å²) in [5.74, 6) is 0.561. The lowest BCUT2D eigenvalue weighted by Crippen LogP contribution is -2.32. The van der Waals surface area contributed by atoms with Crippen LogP contribution >= 0.6 is 0 Å². The van der Waals surface area contributed by atoms with E-state index in [9.17, 15) is 5.11 Å². The molecule has 84 valence electrons. The van der Waals surface area contributed by atoms with Gasteiger partial charge in [-0.2, -0.15) is 0 Å². The lowest BCUT2D eigenvalue weighted by Gasteiger charge is -2.20. The lowest BCUT2D eigenvalue weighted by atomic mass is 10.2. The van der Waals surface area contributed by atoms with E-state index in [0.29, 0.717) is 19.1 Å². The minimum Gasteiger partial charge on any atom is -0.392 e. The van der Waals surface area contributed by atoms with E-state index in [1.54, 1.807) is 0 Å². The van der Waals surface area contributed by atoms with E-state index in [2.05, 4.69) is 5.32 Å². The van der Waals surface area contributed by atoms with Gasteiger partial charge in [0.2, 0.25) is 0 Å². The largest absolute Gasteiger partial charge is 0.392 e. The second-order valence-electron chi connectivity index (χ2n) is 5.07. The zero-order valence-electron chi connectivity index (χ0n) is 9.55. The van der Waals surface area contributed by atoms with Crippen LogP contribution in [0.5, 0.6) is 0 Å². The summed E-state index contributed by atoms with van der Waals surface area (Å²) in [4.78, 5) is 0. The van der Waals surface area contributed by atoms with Crippen molar-refractivity contribution in [2.45, 2.75) is 45.3 Å². The standard InChI is InChI=1S/C11H23NO2/c1-11(2,3)14-7-6-12-8-10(13)9-4-5-9/h9-10,12-13H,4-8H2,1-3H3. The first-order valence-electron chi connectivity index (χ1n) is 5.52. The van der Waals surface area contributed by atoms with Crippen molar-refractivity contribution in [3.63, 3.8) is 0 Å². The highest BCUT2D eigenvalue weighted by atomic mass is 16.5. The average molecular weight is 201 g/mol. The maximum Gasteiger partial charge on any atom is 0.0692 e. The van der Waals surface area contributed by atoms with Gasteiger partial charge in [-0.3, -0.25) is 0 Å². The SMILES string of the molecule is CC(C)(C)OCCNCC(O)C1CC1. The number of aliphatic hydroxyl groups excluding tert-OH is 1. The molecule has 1 unspecified atom stereocenters. The Balaban J connectivity index is 1.88. The first-order valence-corrected chi connectivity index (χ1v) is 5.52. The molecule has 0 bridgehead atoms. The minimum atomic E-state index is -0.148. The smallest absolute Gasteiger partial charge is 0.0692 e. The molecule has 0 heterocycles. The van der Waals surface area contributed by atoms with Crippen molar-refractivity contribution in [2.24, 2.45) is 5.92 Å². The van der Waals surface area contributed by atoms with E-state index in [-0.39, 0.29) is 11.7 Å². The van der Waals surface area contributed by atoms with Gasteiger partial charge in [0.25, 0.3) is 0 Å². The van der Waals surface area contributed by atoms with Crippen LogP contribution in [0.2, 0.25) is 0 Å². The van der Waals surface area contributed by atoms with Crippen LogP contribution in [0.15, 0.2) is 0 Å². The molecule has 0 radical (unpaired) electrons. The minimum absolute atomic E-state index is 0.0587. The maximum atomic E-state index is 9.54. The summed E-state index contributed by atoms with van der Waals surface area (Å²) in [6, 6.07) is 0. The fraction of sp³-hybridized carbons (Fsp3) is 1.00. The van der Waals surface area contributed by atoms with Crippen molar-refractivity contribution < 1.29 is 9.84 Å². The molecule has 1 rings (SSSR count). The second kappa shape index (κ2) is 5.10. The van der Waals surface area contributed by atoms with Gasteiger partial charge in [-0.15, -0.1) is 0 Å². The molecule has 1 atom stereocenters. The monoisotopic (exact) mass is 201 g/mol. The molecular formula is C11H23NO2. The zero-order valence-corrected chi connectivity index (χ0v) is 9.55. The van der Waals surface area contributed by atoms with Gasteiger partial charge in [0.05, 0.1) is 18.3 Å². The third kappa shape index (κ3) is 5.58. The van der Waals surface area contributed by atoms with Crippen LogP contribution in [-0.4, -0.2) is 36.5 Å². The molecule has 0 aromatic carbocycles. The molecule has 1 aliphatic carbocycles. The summed E-state index contributed by atoms with van der Waals surface area (Å²) in [6.07, 6.45) is 2.24. The fourth-order valence-corrected chi connectivity index (χ4v) is 1.33. The number of hydrogen-bond acceptors (Lipinski definition) is 3. The predicted octanol–water partition coefficient (Wildman–Crippen LogP) is 1.16. The Bertz CT molecular complexity index is 161. The first-order chi connectivity index (χ1) is 6.49. The Kier molecular flexibility index (Phi) is 4.35. The quantitative estimate of drug-likeness (QED) is 0.634. The van der Waals surface area contributed by atoms with Crippen LogP contribution in [-0.2, 0) is 4.74 Å². The molecule has 14 heavy (non-hydrogen) atoms. The molecular weight excluding hydrogens is 178 g/mol. The van der Waals surface area contributed by atoms with Crippen molar-refractivity contribution in [3.8, 4) is 0 Å². The van der Waals surface area contributed by atoms with Gasteiger partial charge in [-0.05, 0) is 39.5 Å². The molecule has 0 spiro atoms. The number of hydrogen-bond donors (Lipinski definition) is 2. The maximum absolute atomic E-state index is 9.54. The molecule has 2 N–H and O–H groups in total. The van der Waals surface area contributed by atoms with Gasteiger partial charge < -0.3 is 15.2 Å². The molecule has 0 saturated heterocycles. The number of nitrogens with one attached hydrogen (secondary N) is 1.